The highest BCUT2D eigenvalue weighted by molar-refractivity contribution is 7.07. The minimum absolute atomic E-state index is 0.200. The van der Waals surface area contributed by atoms with Crippen molar-refractivity contribution in [1.82, 2.24) is 9.88 Å². The Morgan fingerprint density at radius 2 is 2.21 bits per heavy atom. The number of hydrogen-bond acceptors (Lipinski definition) is 5. The Balaban J connectivity index is 1.74. The Hall–Kier alpha value is -2.41. The molecule has 1 atom stereocenters. The molecule has 1 amide bonds. The lowest BCUT2D eigenvalue weighted by Crippen LogP contribution is -2.35. The first-order chi connectivity index (χ1) is 11.5. The molecule has 1 aromatic carbocycles. The molecule has 0 saturated carbocycles. The van der Waals surface area contributed by atoms with Crippen molar-refractivity contribution in [3.63, 3.8) is 0 Å². The molecule has 0 radical (unpaired) electrons. The van der Waals surface area contributed by atoms with Crippen LogP contribution in [0.1, 0.15) is 29.4 Å². The zero-order valence-corrected chi connectivity index (χ0v) is 14.1. The third-order valence-electron chi connectivity index (χ3n) is 4.25. The van der Waals surface area contributed by atoms with Crippen molar-refractivity contribution >= 4 is 23.2 Å². The smallest absolute Gasteiger partial charge is 0.311 e. The number of carboxylic acid groups (broad SMARTS) is 1. The van der Waals surface area contributed by atoms with E-state index in [-0.39, 0.29) is 12.5 Å². The molecular formula is C17H18N2O4S. The number of benzene rings is 1. The number of aromatic nitrogens is 1. The van der Waals surface area contributed by atoms with Crippen molar-refractivity contribution in [2.45, 2.75) is 20.0 Å². The zero-order chi connectivity index (χ0) is 17.2. The van der Waals surface area contributed by atoms with Crippen LogP contribution in [0.2, 0.25) is 0 Å². The summed E-state index contributed by atoms with van der Waals surface area (Å²) in [5, 5.41) is 11.2. The van der Waals surface area contributed by atoms with E-state index in [1.807, 2.05) is 5.38 Å². The summed E-state index contributed by atoms with van der Waals surface area (Å²) in [5.41, 5.74) is 2.10. The summed E-state index contributed by atoms with van der Waals surface area (Å²) in [7, 11) is 0. The van der Waals surface area contributed by atoms with Crippen molar-refractivity contribution in [3.05, 3.63) is 46.4 Å². The van der Waals surface area contributed by atoms with Crippen molar-refractivity contribution in [2.75, 3.05) is 13.1 Å². The normalized spacial score (nSPS) is 20.1. The fraction of sp³-hybridized carbons (Fsp3) is 0.353. The van der Waals surface area contributed by atoms with E-state index in [4.69, 9.17) is 4.74 Å². The first-order valence-electron chi connectivity index (χ1n) is 7.61. The highest BCUT2D eigenvalue weighted by Crippen LogP contribution is 2.32. The van der Waals surface area contributed by atoms with Crippen LogP contribution in [-0.4, -0.2) is 40.0 Å². The molecule has 2 heterocycles. The molecule has 126 valence electrons. The van der Waals surface area contributed by atoms with Crippen molar-refractivity contribution in [2.24, 2.45) is 5.41 Å². The van der Waals surface area contributed by atoms with Gasteiger partial charge in [-0.1, -0.05) is 12.1 Å². The van der Waals surface area contributed by atoms with Gasteiger partial charge in [0.1, 0.15) is 12.4 Å². The molecule has 2 aromatic rings. The molecule has 3 rings (SSSR count). The highest BCUT2D eigenvalue weighted by atomic mass is 32.1. The summed E-state index contributed by atoms with van der Waals surface area (Å²) in [5.74, 6) is -0.584. The first-order valence-corrected chi connectivity index (χ1v) is 8.55. The lowest BCUT2D eigenvalue weighted by atomic mass is 9.90. The predicted molar refractivity (Wildman–Crippen MR) is 89.2 cm³/mol. The van der Waals surface area contributed by atoms with E-state index in [1.165, 1.54) is 11.3 Å². The molecule has 1 fully saturated rings. The summed E-state index contributed by atoms with van der Waals surface area (Å²) in [6.07, 6.45) is 0.454. The van der Waals surface area contributed by atoms with Gasteiger partial charge < -0.3 is 14.7 Å². The van der Waals surface area contributed by atoms with Gasteiger partial charge in [-0.2, -0.15) is 0 Å². The molecular weight excluding hydrogens is 328 g/mol. The van der Waals surface area contributed by atoms with E-state index in [2.05, 4.69) is 4.98 Å². The van der Waals surface area contributed by atoms with Crippen LogP contribution >= 0.6 is 11.3 Å². The highest BCUT2D eigenvalue weighted by Gasteiger charge is 2.42. The number of likely N-dealkylation sites (tertiary alicyclic amines) is 1. The van der Waals surface area contributed by atoms with Crippen LogP contribution in [0.4, 0.5) is 0 Å². The number of rotatable bonds is 5. The molecule has 0 unspecified atom stereocenters. The second-order valence-corrected chi connectivity index (χ2v) is 6.83. The van der Waals surface area contributed by atoms with Gasteiger partial charge in [0.2, 0.25) is 0 Å². The molecule has 7 heteroatoms. The number of carboxylic acids is 1. The van der Waals surface area contributed by atoms with Crippen LogP contribution in [-0.2, 0) is 11.4 Å². The van der Waals surface area contributed by atoms with Crippen LogP contribution in [0.5, 0.6) is 5.75 Å². The molecule has 0 spiro atoms. The quantitative estimate of drug-likeness (QED) is 0.900. The van der Waals surface area contributed by atoms with Crippen molar-refractivity contribution in [1.29, 1.82) is 0 Å². The number of thiazole rings is 1. The Kier molecular flexibility index (Phi) is 4.53. The molecule has 24 heavy (non-hydrogen) atoms. The van der Waals surface area contributed by atoms with Gasteiger partial charge >= 0.3 is 5.97 Å². The summed E-state index contributed by atoms with van der Waals surface area (Å²) < 4.78 is 5.74. The third-order valence-corrected chi connectivity index (χ3v) is 4.89. The zero-order valence-electron chi connectivity index (χ0n) is 13.3. The SMILES string of the molecule is C[C@@]1(C(=O)O)CCN(C(=O)c2ccccc2OCc2cscn2)C1. The minimum Gasteiger partial charge on any atom is -0.486 e. The molecule has 6 nitrogen and oxygen atoms in total. The maximum absolute atomic E-state index is 12.8. The monoisotopic (exact) mass is 346 g/mol. The number of para-hydroxylation sites is 1. The van der Waals surface area contributed by atoms with Crippen LogP contribution in [0.15, 0.2) is 35.2 Å². The second-order valence-electron chi connectivity index (χ2n) is 6.11. The molecule has 0 aliphatic carbocycles. The molecule has 1 aromatic heterocycles. The van der Waals surface area contributed by atoms with E-state index in [0.29, 0.717) is 30.9 Å². The van der Waals surface area contributed by atoms with E-state index in [1.54, 1.807) is 41.6 Å². The number of hydrogen-bond donors (Lipinski definition) is 1. The molecule has 1 aliphatic heterocycles. The summed E-state index contributed by atoms with van der Waals surface area (Å²) in [4.78, 5) is 29.9. The standard InChI is InChI=1S/C17H18N2O4S/c1-17(16(21)22)6-7-19(10-17)15(20)13-4-2-3-5-14(13)23-8-12-9-24-11-18-12/h2-5,9,11H,6-8,10H2,1H3,(H,21,22)/t17-/m1/s1. The maximum atomic E-state index is 12.8. The topological polar surface area (TPSA) is 79.7 Å². The number of nitrogens with zero attached hydrogens (tertiary/aromatic N) is 2. The Morgan fingerprint density at radius 1 is 1.42 bits per heavy atom. The Morgan fingerprint density at radius 3 is 2.88 bits per heavy atom. The van der Waals surface area contributed by atoms with Crippen molar-refractivity contribution in [3.8, 4) is 5.75 Å². The fourth-order valence-electron chi connectivity index (χ4n) is 2.71. The predicted octanol–water partition coefficient (Wildman–Crippen LogP) is 2.66. The largest absolute Gasteiger partial charge is 0.486 e. The Bertz CT molecular complexity index is 747. The van der Waals surface area contributed by atoms with Crippen LogP contribution in [0.25, 0.3) is 0 Å². The average molecular weight is 346 g/mol. The number of amides is 1. The maximum Gasteiger partial charge on any atom is 0.311 e. The lowest BCUT2D eigenvalue weighted by molar-refractivity contribution is -0.147. The third kappa shape index (κ3) is 3.26. The van der Waals surface area contributed by atoms with E-state index in [0.717, 1.165) is 5.69 Å². The molecule has 1 aliphatic rings. The lowest BCUT2D eigenvalue weighted by Gasteiger charge is -2.21. The van der Waals surface area contributed by atoms with Gasteiger partial charge in [-0.3, -0.25) is 9.59 Å². The number of aliphatic carboxylic acids is 1. The van der Waals surface area contributed by atoms with E-state index >= 15 is 0 Å². The second kappa shape index (κ2) is 6.60. The molecule has 0 bridgehead atoms. The Labute approximate surface area is 143 Å². The number of carbonyl (C=O) groups excluding carboxylic acids is 1. The number of ether oxygens (including phenoxy) is 1. The van der Waals surface area contributed by atoms with E-state index in [9.17, 15) is 14.7 Å². The first kappa shape index (κ1) is 16.4. The van der Waals surface area contributed by atoms with Gasteiger partial charge in [0.05, 0.1) is 22.2 Å². The van der Waals surface area contributed by atoms with Gasteiger partial charge in [-0.25, -0.2) is 4.98 Å². The van der Waals surface area contributed by atoms with Gasteiger partial charge in [0.25, 0.3) is 5.91 Å². The minimum atomic E-state index is -0.883. The molecule has 1 saturated heterocycles. The summed E-state index contributed by atoms with van der Waals surface area (Å²) >= 11 is 1.49. The van der Waals surface area contributed by atoms with Gasteiger partial charge in [0.15, 0.2) is 0 Å². The summed E-state index contributed by atoms with van der Waals surface area (Å²) in [6.45, 7) is 2.61. The van der Waals surface area contributed by atoms with Crippen molar-refractivity contribution < 1.29 is 19.4 Å². The van der Waals surface area contributed by atoms with Gasteiger partial charge in [0, 0.05) is 18.5 Å². The summed E-state index contributed by atoms with van der Waals surface area (Å²) in [6, 6.07) is 7.02. The number of carbonyl (C=O) groups is 2. The fourth-order valence-corrected chi connectivity index (χ4v) is 3.25. The van der Waals surface area contributed by atoms with Crippen LogP contribution < -0.4 is 4.74 Å². The average Bonchev–Trinajstić information content (AvgIpc) is 3.23. The van der Waals surface area contributed by atoms with Crippen LogP contribution in [0, 0.1) is 5.41 Å². The van der Waals surface area contributed by atoms with Gasteiger partial charge in [-0.15, -0.1) is 11.3 Å². The van der Waals surface area contributed by atoms with E-state index < -0.39 is 11.4 Å². The van der Waals surface area contributed by atoms with Gasteiger partial charge in [-0.05, 0) is 25.5 Å². The van der Waals surface area contributed by atoms with Crippen LogP contribution in [0.3, 0.4) is 0 Å². The molecule has 1 N–H and O–H groups in total.